The van der Waals surface area contributed by atoms with Crippen LogP contribution in [-0.2, 0) is 21.3 Å². The molecule has 0 unspecified atom stereocenters. The van der Waals surface area contributed by atoms with Gasteiger partial charge in [-0.1, -0.05) is 6.07 Å². The van der Waals surface area contributed by atoms with Crippen molar-refractivity contribution in [2.75, 3.05) is 20.3 Å². The molecule has 7 nitrogen and oxygen atoms in total. The van der Waals surface area contributed by atoms with E-state index in [0.717, 1.165) is 12.2 Å². The van der Waals surface area contributed by atoms with Gasteiger partial charge in [-0.15, -0.1) is 0 Å². The summed E-state index contributed by atoms with van der Waals surface area (Å²) in [6, 6.07) is 9.53. The van der Waals surface area contributed by atoms with Gasteiger partial charge in [0.15, 0.2) is 0 Å². The Kier molecular flexibility index (Phi) is 5.45. The maximum Gasteiger partial charge on any atom is 0.251 e. The molecule has 0 radical (unpaired) electrons. The number of benzene rings is 1. The van der Waals surface area contributed by atoms with Crippen LogP contribution in [-0.4, -0.2) is 44.9 Å². The number of nitrogens with zero attached hydrogens (tertiary/aromatic N) is 1. The monoisotopic (exact) mass is 378 g/mol. The zero-order valence-electron chi connectivity index (χ0n) is 14.8. The van der Waals surface area contributed by atoms with Gasteiger partial charge in [-0.25, -0.2) is 8.42 Å². The van der Waals surface area contributed by atoms with E-state index in [4.69, 9.17) is 9.15 Å². The van der Waals surface area contributed by atoms with Gasteiger partial charge in [-0.3, -0.25) is 4.79 Å². The number of nitrogens with one attached hydrogen (secondary N) is 1. The van der Waals surface area contributed by atoms with Gasteiger partial charge in [0, 0.05) is 19.2 Å². The SMILES string of the molecule is Cc1ccc(CN(C)S(=O)(=O)c2cccc(C(=O)N[C@H]3CCOC3)c2)o1. The van der Waals surface area contributed by atoms with Gasteiger partial charge in [0.05, 0.1) is 24.1 Å². The van der Waals surface area contributed by atoms with Crippen LogP contribution in [0.1, 0.15) is 28.3 Å². The molecule has 140 valence electrons. The van der Waals surface area contributed by atoms with E-state index < -0.39 is 10.0 Å². The van der Waals surface area contributed by atoms with Crippen molar-refractivity contribution in [3.05, 3.63) is 53.5 Å². The van der Waals surface area contributed by atoms with Gasteiger partial charge in [0.25, 0.3) is 5.91 Å². The molecule has 2 heterocycles. The van der Waals surface area contributed by atoms with Crippen molar-refractivity contribution in [3.8, 4) is 0 Å². The molecule has 8 heteroatoms. The minimum Gasteiger partial charge on any atom is -0.465 e. The molecule has 1 aliphatic rings. The second-order valence-corrected chi connectivity index (χ2v) is 8.38. The van der Waals surface area contributed by atoms with Gasteiger partial charge in [0.2, 0.25) is 10.0 Å². The number of ether oxygens (including phenoxy) is 1. The van der Waals surface area contributed by atoms with E-state index in [0.29, 0.717) is 24.5 Å². The van der Waals surface area contributed by atoms with E-state index in [1.54, 1.807) is 31.2 Å². The smallest absolute Gasteiger partial charge is 0.251 e. The van der Waals surface area contributed by atoms with Crippen molar-refractivity contribution in [1.82, 2.24) is 9.62 Å². The molecule has 3 rings (SSSR count). The molecule has 26 heavy (non-hydrogen) atoms. The fraction of sp³-hybridized carbons (Fsp3) is 0.389. The van der Waals surface area contributed by atoms with Gasteiger partial charge >= 0.3 is 0 Å². The highest BCUT2D eigenvalue weighted by Gasteiger charge is 2.24. The number of hydrogen-bond donors (Lipinski definition) is 1. The van der Waals surface area contributed by atoms with Crippen molar-refractivity contribution in [3.63, 3.8) is 0 Å². The average Bonchev–Trinajstić information content (AvgIpc) is 3.26. The first-order valence-electron chi connectivity index (χ1n) is 8.36. The molecule has 1 atom stereocenters. The minimum atomic E-state index is -3.74. The van der Waals surface area contributed by atoms with E-state index in [9.17, 15) is 13.2 Å². The Balaban J connectivity index is 1.75. The molecule has 2 aromatic rings. The van der Waals surface area contributed by atoms with Crippen molar-refractivity contribution in [2.45, 2.75) is 30.8 Å². The first kappa shape index (κ1) is 18.6. The Bertz CT molecular complexity index is 884. The predicted octanol–water partition coefficient (Wildman–Crippen LogP) is 1.93. The van der Waals surface area contributed by atoms with Crippen LogP contribution in [0.4, 0.5) is 0 Å². The summed E-state index contributed by atoms with van der Waals surface area (Å²) in [6.07, 6.45) is 0.759. The average molecular weight is 378 g/mol. The van der Waals surface area contributed by atoms with E-state index >= 15 is 0 Å². The fourth-order valence-electron chi connectivity index (χ4n) is 2.77. The molecule has 1 N–H and O–H groups in total. The summed E-state index contributed by atoms with van der Waals surface area (Å²) in [4.78, 5) is 12.4. The predicted molar refractivity (Wildman–Crippen MR) is 95.2 cm³/mol. The molecule has 0 aliphatic carbocycles. The van der Waals surface area contributed by atoms with E-state index in [1.807, 2.05) is 0 Å². The number of carbonyl (C=O) groups excluding carboxylic acids is 1. The summed E-state index contributed by atoms with van der Waals surface area (Å²) in [5, 5.41) is 2.86. The summed E-state index contributed by atoms with van der Waals surface area (Å²) in [7, 11) is -2.26. The quantitative estimate of drug-likeness (QED) is 0.830. The first-order valence-corrected chi connectivity index (χ1v) is 9.80. The lowest BCUT2D eigenvalue weighted by molar-refractivity contribution is 0.0929. The lowest BCUT2D eigenvalue weighted by Crippen LogP contribution is -2.35. The third-order valence-corrected chi connectivity index (χ3v) is 6.04. The van der Waals surface area contributed by atoms with Crippen LogP contribution in [0.2, 0.25) is 0 Å². The highest BCUT2D eigenvalue weighted by molar-refractivity contribution is 7.89. The second kappa shape index (κ2) is 7.61. The van der Waals surface area contributed by atoms with Crippen molar-refractivity contribution < 1.29 is 22.4 Å². The van der Waals surface area contributed by atoms with Crippen LogP contribution >= 0.6 is 0 Å². The molecule has 1 aromatic heterocycles. The summed E-state index contributed by atoms with van der Waals surface area (Å²) in [5.41, 5.74) is 0.306. The molecule has 1 fully saturated rings. The molecular formula is C18H22N2O5S. The largest absolute Gasteiger partial charge is 0.465 e. The normalized spacial score (nSPS) is 17.6. The lowest BCUT2D eigenvalue weighted by atomic mass is 10.2. The van der Waals surface area contributed by atoms with Crippen LogP contribution in [0.15, 0.2) is 45.7 Å². The number of hydrogen-bond acceptors (Lipinski definition) is 5. The first-order chi connectivity index (χ1) is 12.4. The number of aryl methyl sites for hydroxylation is 1. The van der Waals surface area contributed by atoms with E-state index in [-0.39, 0.29) is 23.4 Å². The van der Waals surface area contributed by atoms with Crippen LogP contribution < -0.4 is 5.32 Å². The minimum absolute atomic E-state index is 0.0346. The van der Waals surface area contributed by atoms with Crippen LogP contribution in [0.3, 0.4) is 0 Å². The summed E-state index contributed by atoms with van der Waals surface area (Å²) < 4.78 is 37.5. The Morgan fingerprint density at radius 3 is 2.77 bits per heavy atom. The Labute approximate surface area is 153 Å². The zero-order valence-corrected chi connectivity index (χ0v) is 15.6. The Hall–Kier alpha value is -2.16. The van der Waals surface area contributed by atoms with Crippen molar-refractivity contribution in [2.24, 2.45) is 0 Å². The molecule has 0 saturated carbocycles. The number of rotatable bonds is 6. The van der Waals surface area contributed by atoms with Gasteiger partial charge in [-0.2, -0.15) is 4.31 Å². The Morgan fingerprint density at radius 1 is 1.31 bits per heavy atom. The van der Waals surface area contributed by atoms with Crippen LogP contribution in [0.25, 0.3) is 0 Å². The molecule has 1 aliphatic heterocycles. The van der Waals surface area contributed by atoms with Crippen LogP contribution in [0.5, 0.6) is 0 Å². The maximum atomic E-state index is 12.8. The topological polar surface area (TPSA) is 88.9 Å². The Morgan fingerprint density at radius 2 is 2.12 bits per heavy atom. The number of sulfonamides is 1. The van der Waals surface area contributed by atoms with E-state index in [2.05, 4.69) is 5.32 Å². The summed E-state index contributed by atoms with van der Waals surface area (Å²) >= 11 is 0. The van der Waals surface area contributed by atoms with Gasteiger partial charge in [-0.05, 0) is 43.7 Å². The van der Waals surface area contributed by atoms with E-state index in [1.165, 1.54) is 23.5 Å². The standard InChI is InChI=1S/C18H22N2O5S/c1-13-6-7-16(25-13)11-20(2)26(22,23)17-5-3-4-14(10-17)18(21)19-15-8-9-24-12-15/h3-7,10,15H,8-9,11-12H2,1-2H3,(H,19,21)/t15-/m0/s1. The van der Waals surface area contributed by atoms with Crippen molar-refractivity contribution in [1.29, 1.82) is 0 Å². The maximum absolute atomic E-state index is 12.8. The molecular weight excluding hydrogens is 356 g/mol. The number of carbonyl (C=O) groups is 1. The highest BCUT2D eigenvalue weighted by Crippen LogP contribution is 2.19. The number of amides is 1. The third-order valence-electron chi connectivity index (χ3n) is 4.24. The highest BCUT2D eigenvalue weighted by atomic mass is 32.2. The van der Waals surface area contributed by atoms with Crippen LogP contribution in [0, 0.1) is 6.92 Å². The van der Waals surface area contributed by atoms with Gasteiger partial charge in [0.1, 0.15) is 11.5 Å². The lowest BCUT2D eigenvalue weighted by Gasteiger charge is -2.17. The summed E-state index contributed by atoms with van der Waals surface area (Å²) in [5.74, 6) is 0.978. The molecule has 1 amide bonds. The fourth-order valence-corrected chi connectivity index (χ4v) is 3.95. The number of furan rings is 1. The second-order valence-electron chi connectivity index (χ2n) is 6.34. The third kappa shape index (κ3) is 4.14. The molecule has 1 saturated heterocycles. The molecule has 1 aromatic carbocycles. The molecule has 0 spiro atoms. The van der Waals surface area contributed by atoms with Gasteiger partial charge < -0.3 is 14.5 Å². The van der Waals surface area contributed by atoms with Crippen molar-refractivity contribution >= 4 is 15.9 Å². The molecule has 0 bridgehead atoms. The summed E-state index contributed by atoms with van der Waals surface area (Å²) in [6.45, 7) is 3.02. The zero-order chi connectivity index (χ0) is 18.7.